The average molecular weight is 340 g/mol. The van der Waals surface area contributed by atoms with Crippen LogP contribution in [0.1, 0.15) is 26.7 Å². The van der Waals surface area contributed by atoms with Crippen LogP contribution in [-0.2, 0) is 23.9 Å². The number of hydrogen-bond donors (Lipinski definition) is 0. The molecular weight excluding hydrogens is 312 g/mol. The molecule has 7 heteroatoms. The molecule has 0 bridgehead atoms. The van der Waals surface area contributed by atoms with E-state index in [9.17, 15) is 14.4 Å². The SMILES string of the molecule is CC(=O)C[C@@H](C)C/C=C/C1O[C@H](C(=O)N(C)C)[C@@H](C(=O)N(C)C)O1. The highest BCUT2D eigenvalue weighted by Crippen LogP contribution is 2.23. The van der Waals surface area contributed by atoms with Crippen LogP contribution in [0, 0.1) is 5.92 Å². The summed E-state index contributed by atoms with van der Waals surface area (Å²) in [6.07, 6.45) is 2.09. The minimum atomic E-state index is -0.959. The molecule has 0 spiro atoms. The molecular formula is C17H28N2O5. The van der Waals surface area contributed by atoms with Crippen LogP contribution in [0.3, 0.4) is 0 Å². The third-order valence-electron chi connectivity index (χ3n) is 3.67. The summed E-state index contributed by atoms with van der Waals surface area (Å²) in [6, 6.07) is 0. The summed E-state index contributed by atoms with van der Waals surface area (Å²) >= 11 is 0. The first-order chi connectivity index (χ1) is 11.1. The molecule has 0 aromatic carbocycles. The fraction of sp³-hybridized carbons (Fsp3) is 0.706. The van der Waals surface area contributed by atoms with Gasteiger partial charge in [-0.05, 0) is 25.3 Å². The van der Waals surface area contributed by atoms with E-state index in [4.69, 9.17) is 9.47 Å². The molecule has 0 unspecified atom stereocenters. The second-order valence-corrected chi connectivity index (χ2v) is 6.62. The standard InChI is InChI=1S/C17H28N2O5/c1-11(10-12(2)20)8-7-9-13-23-14(16(21)18(3)4)15(24-13)17(22)19(5)6/h7,9,11,13-15H,8,10H2,1-6H3/b9-7+/t11-,14-,15-/m0/s1. The monoisotopic (exact) mass is 340 g/mol. The lowest BCUT2D eigenvalue weighted by molar-refractivity contribution is -0.146. The molecule has 1 fully saturated rings. The highest BCUT2D eigenvalue weighted by molar-refractivity contribution is 5.91. The molecule has 2 amide bonds. The second kappa shape index (κ2) is 8.94. The molecule has 1 heterocycles. The van der Waals surface area contributed by atoms with Gasteiger partial charge in [0.25, 0.3) is 11.8 Å². The van der Waals surface area contributed by atoms with Crippen molar-refractivity contribution in [2.24, 2.45) is 5.92 Å². The van der Waals surface area contributed by atoms with E-state index >= 15 is 0 Å². The van der Waals surface area contributed by atoms with Crippen LogP contribution in [0.25, 0.3) is 0 Å². The zero-order valence-electron chi connectivity index (χ0n) is 15.3. The van der Waals surface area contributed by atoms with Gasteiger partial charge in [-0.3, -0.25) is 9.59 Å². The predicted octanol–water partition coefficient (Wildman–Crippen LogP) is 0.834. The molecule has 0 aliphatic carbocycles. The summed E-state index contributed by atoms with van der Waals surface area (Å²) in [5, 5.41) is 0. The van der Waals surface area contributed by atoms with Gasteiger partial charge in [-0.15, -0.1) is 0 Å². The van der Waals surface area contributed by atoms with Crippen molar-refractivity contribution in [3.05, 3.63) is 12.2 Å². The zero-order chi connectivity index (χ0) is 18.4. The number of ketones is 1. The van der Waals surface area contributed by atoms with Crippen LogP contribution < -0.4 is 0 Å². The van der Waals surface area contributed by atoms with E-state index in [-0.39, 0.29) is 23.5 Å². The van der Waals surface area contributed by atoms with Gasteiger partial charge in [0, 0.05) is 34.6 Å². The Morgan fingerprint density at radius 2 is 1.46 bits per heavy atom. The van der Waals surface area contributed by atoms with Gasteiger partial charge in [0.15, 0.2) is 18.5 Å². The lowest BCUT2D eigenvalue weighted by Gasteiger charge is -2.21. The lowest BCUT2D eigenvalue weighted by Crippen LogP contribution is -2.47. The van der Waals surface area contributed by atoms with Gasteiger partial charge in [0.05, 0.1) is 0 Å². The van der Waals surface area contributed by atoms with Crippen molar-refractivity contribution in [2.75, 3.05) is 28.2 Å². The van der Waals surface area contributed by atoms with Gasteiger partial charge < -0.3 is 24.1 Å². The number of allylic oxidation sites excluding steroid dienone is 1. The number of hydrogen-bond acceptors (Lipinski definition) is 5. The molecule has 0 saturated carbocycles. The normalized spacial score (nSPS) is 22.6. The Hall–Kier alpha value is -1.73. The Morgan fingerprint density at radius 3 is 1.83 bits per heavy atom. The fourth-order valence-corrected chi connectivity index (χ4v) is 2.43. The molecule has 1 aliphatic heterocycles. The van der Waals surface area contributed by atoms with Crippen LogP contribution >= 0.6 is 0 Å². The van der Waals surface area contributed by atoms with E-state index < -0.39 is 18.5 Å². The summed E-state index contributed by atoms with van der Waals surface area (Å²) in [5.41, 5.74) is 0. The molecule has 1 aliphatic rings. The van der Waals surface area contributed by atoms with Crippen molar-refractivity contribution in [3.8, 4) is 0 Å². The third-order valence-corrected chi connectivity index (χ3v) is 3.67. The van der Waals surface area contributed by atoms with Gasteiger partial charge in [-0.25, -0.2) is 0 Å². The van der Waals surface area contributed by atoms with Crippen LogP contribution in [0.5, 0.6) is 0 Å². The Morgan fingerprint density at radius 1 is 1.00 bits per heavy atom. The van der Waals surface area contributed by atoms with E-state index in [1.165, 1.54) is 9.80 Å². The van der Waals surface area contributed by atoms with E-state index in [1.807, 2.05) is 13.0 Å². The summed E-state index contributed by atoms with van der Waals surface area (Å²) in [6.45, 7) is 3.55. The lowest BCUT2D eigenvalue weighted by atomic mass is 10.0. The highest BCUT2D eigenvalue weighted by Gasteiger charge is 2.45. The van der Waals surface area contributed by atoms with Gasteiger partial charge >= 0.3 is 0 Å². The number of amides is 2. The van der Waals surface area contributed by atoms with Gasteiger partial charge in [-0.1, -0.05) is 13.0 Å². The van der Waals surface area contributed by atoms with Crippen LogP contribution in [-0.4, -0.2) is 74.1 Å². The number of ether oxygens (including phenoxy) is 2. The Kier molecular flexibility index (Phi) is 7.57. The van der Waals surface area contributed by atoms with Crippen LogP contribution in [0.4, 0.5) is 0 Å². The van der Waals surface area contributed by atoms with Crippen molar-refractivity contribution >= 4 is 17.6 Å². The molecule has 3 atom stereocenters. The van der Waals surface area contributed by atoms with E-state index in [2.05, 4.69) is 0 Å². The van der Waals surface area contributed by atoms with Crippen molar-refractivity contribution in [1.29, 1.82) is 0 Å². The van der Waals surface area contributed by atoms with Gasteiger partial charge in [0.2, 0.25) is 0 Å². The number of rotatable bonds is 7. The molecule has 0 aromatic rings. The molecule has 1 rings (SSSR count). The molecule has 7 nitrogen and oxygen atoms in total. The van der Waals surface area contributed by atoms with Gasteiger partial charge in [0.1, 0.15) is 5.78 Å². The number of carbonyl (C=O) groups is 3. The van der Waals surface area contributed by atoms with Crippen molar-refractivity contribution in [1.82, 2.24) is 9.80 Å². The summed E-state index contributed by atoms with van der Waals surface area (Å²) in [7, 11) is 6.43. The fourth-order valence-electron chi connectivity index (χ4n) is 2.43. The molecule has 1 saturated heterocycles. The van der Waals surface area contributed by atoms with Gasteiger partial charge in [-0.2, -0.15) is 0 Å². The quantitative estimate of drug-likeness (QED) is 0.642. The second-order valence-electron chi connectivity index (χ2n) is 6.62. The molecule has 0 radical (unpaired) electrons. The number of Topliss-reactive ketones (excluding diaryl/α,β-unsaturated/α-hetero) is 1. The molecule has 0 aromatic heterocycles. The van der Waals surface area contributed by atoms with Crippen molar-refractivity contribution < 1.29 is 23.9 Å². The van der Waals surface area contributed by atoms with Crippen molar-refractivity contribution in [2.45, 2.75) is 45.2 Å². The Bertz CT molecular complexity index is 473. The highest BCUT2D eigenvalue weighted by atomic mass is 16.7. The topological polar surface area (TPSA) is 76.2 Å². The molecule has 24 heavy (non-hydrogen) atoms. The minimum Gasteiger partial charge on any atom is -0.346 e. The van der Waals surface area contributed by atoms with E-state index in [0.29, 0.717) is 12.8 Å². The number of likely N-dealkylation sites (N-methyl/N-ethyl adjacent to an activating group) is 2. The molecule has 0 N–H and O–H groups in total. The maximum atomic E-state index is 12.2. The maximum absolute atomic E-state index is 12.2. The first-order valence-corrected chi connectivity index (χ1v) is 8.02. The summed E-state index contributed by atoms with van der Waals surface area (Å²) < 4.78 is 11.2. The average Bonchev–Trinajstić information content (AvgIpc) is 2.88. The Balaban J connectivity index is 2.73. The summed E-state index contributed by atoms with van der Waals surface area (Å²) in [5.74, 6) is -0.247. The third kappa shape index (κ3) is 5.72. The predicted molar refractivity (Wildman–Crippen MR) is 89.1 cm³/mol. The van der Waals surface area contributed by atoms with Crippen LogP contribution in [0.2, 0.25) is 0 Å². The smallest absolute Gasteiger partial charge is 0.254 e. The Labute approximate surface area is 143 Å². The minimum absolute atomic E-state index is 0.151. The zero-order valence-corrected chi connectivity index (χ0v) is 15.3. The maximum Gasteiger partial charge on any atom is 0.254 e. The molecule has 136 valence electrons. The number of nitrogens with zero attached hydrogens (tertiary/aromatic N) is 2. The summed E-state index contributed by atoms with van der Waals surface area (Å²) in [4.78, 5) is 38.3. The van der Waals surface area contributed by atoms with E-state index in [1.54, 1.807) is 41.2 Å². The largest absolute Gasteiger partial charge is 0.346 e. The first-order valence-electron chi connectivity index (χ1n) is 8.02. The number of carbonyl (C=O) groups excluding carboxylic acids is 3. The first kappa shape index (κ1) is 20.3. The van der Waals surface area contributed by atoms with E-state index in [0.717, 1.165) is 0 Å². The van der Waals surface area contributed by atoms with Crippen LogP contribution in [0.15, 0.2) is 12.2 Å². The van der Waals surface area contributed by atoms with Crippen molar-refractivity contribution in [3.63, 3.8) is 0 Å².